The van der Waals surface area contributed by atoms with E-state index in [4.69, 9.17) is 14.9 Å². The number of hydrogen-bond acceptors (Lipinski definition) is 5. The van der Waals surface area contributed by atoms with Gasteiger partial charge in [0.1, 0.15) is 6.10 Å². The lowest BCUT2D eigenvalue weighted by atomic mass is 10.4. The first-order chi connectivity index (χ1) is 5.60. The number of nitrogens with two attached hydrogens (primary N) is 1. The predicted octanol–water partition coefficient (Wildman–Crippen LogP) is -1.20. The minimum absolute atomic E-state index is 0.344. The fourth-order valence-corrected chi connectivity index (χ4v) is 0.606. The van der Waals surface area contributed by atoms with E-state index in [1.807, 2.05) is 0 Å². The standard InChI is InChI=1S/C6H13NO5/c1-4(12-6(7)10)11-5(2-8)3-9/h4-5,8-9H,2-3H2,1H3,(H2,7,10). The van der Waals surface area contributed by atoms with Gasteiger partial charge in [-0.15, -0.1) is 0 Å². The summed E-state index contributed by atoms with van der Waals surface area (Å²) in [5.41, 5.74) is 4.69. The van der Waals surface area contributed by atoms with E-state index in [2.05, 4.69) is 10.5 Å². The number of aliphatic hydroxyl groups is 2. The first-order valence-electron chi connectivity index (χ1n) is 3.43. The van der Waals surface area contributed by atoms with Crippen LogP contribution in [0.5, 0.6) is 0 Å². The zero-order valence-electron chi connectivity index (χ0n) is 6.77. The average molecular weight is 179 g/mol. The molecule has 0 spiro atoms. The van der Waals surface area contributed by atoms with E-state index < -0.39 is 18.5 Å². The molecule has 1 unspecified atom stereocenters. The van der Waals surface area contributed by atoms with Crippen molar-refractivity contribution in [2.24, 2.45) is 5.73 Å². The monoisotopic (exact) mass is 179 g/mol. The minimum Gasteiger partial charge on any atom is -0.420 e. The van der Waals surface area contributed by atoms with E-state index >= 15 is 0 Å². The van der Waals surface area contributed by atoms with Gasteiger partial charge in [-0.05, 0) is 6.92 Å². The van der Waals surface area contributed by atoms with E-state index in [-0.39, 0.29) is 13.2 Å². The summed E-state index contributed by atoms with van der Waals surface area (Å²) in [6.07, 6.45) is -2.58. The Kier molecular flexibility index (Phi) is 5.35. The first kappa shape index (κ1) is 11.2. The summed E-state index contributed by atoms with van der Waals surface area (Å²) >= 11 is 0. The van der Waals surface area contributed by atoms with Crippen molar-refractivity contribution in [1.82, 2.24) is 0 Å². The van der Waals surface area contributed by atoms with Crippen LogP contribution < -0.4 is 5.73 Å². The van der Waals surface area contributed by atoms with Crippen LogP contribution in [0.4, 0.5) is 4.79 Å². The molecule has 0 rings (SSSR count). The highest BCUT2D eigenvalue weighted by Crippen LogP contribution is 1.98. The number of primary amides is 1. The van der Waals surface area contributed by atoms with Crippen molar-refractivity contribution in [3.8, 4) is 0 Å². The molecule has 0 aromatic rings. The minimum atomic E-state index is -0.961. The lowest BCUT2D eigenvalue weighted by Crippen LogP contribution is -2.31. The van der Waals surface area contributed by atoms with E-state index in [1.54, 1.807) is 0 Å². The molecule has 0 aliphatic heterocycles. The predicted molar refractivity (Wildman–Crippen MR) is 39.2 cm³/mol. The van der Waals surface area contributed by atoms with Crippen LogP contribution in [0.2, 0.25) is 0 Å². The third-order valence-corrected chi connectivity index (χ3v) is 1.07. The number of rotatable bonds is 5. The quantitative estimate of drug-likeness (QED) is 0.460. The molecular weight excluding hydrogens is 166 g/mol. The zero-order valence-corrected chi connectivity index (χ0v) is 6.77. The smallest absolute Gasteiger partial charge is 0.406 e. The number of carbonyl (C=O) groups is 1. The summed E-state index contributed by atoms with van der Waals surface area (Å²) in [7, 11) is 0. The molecule has 0 aromatic heterocycles. The van der Waals surface area contributed by atoms with Crippen molar-refractivity contribution in [3.05, 3.63) is 0 Å². The van der Waals surface area contributed by atoms with Crippen LogP contribution >= 0.6 is 0 Å². The van der Waals surface area contributed by atoms with Gasteiger partial charge in [-0.3, -0.25) is 0 Å². The van der Waals surface area contributed by atoms with E-state index in [0.29, 0.717) is 0 Å². The largest absolute Gasteiger partial charge is 0.420 e. The Morgan fingerprint density at radius 3 is 2.33 bits per heavy atom. The van der Waals surface area contributed by atoms with Gasteiger partial charge in [-0.25, -0.2) is 4.79 Å². The second kappa shape index (κ2) is 5.76. The SMILES string of the molecule is CC(OC(N)=O)OC(CO)CO. The molecule has 0 heterocycles. The van der Waals surface area contributed by atoms with Gasteiger partial charge < -0.3 is 25.4 Å². The normalized spacial score (nSPS) is 13.0. The number of ether oxygens (including phenoxy) is 2. The van der Waals surface area contributed by atoms with Gasteiger partial charge in [0.25, 0.3) is 0 Å². The van der Waals surface area contributed by atoms with Gasteiger partial charge in [0, 0.05) is 0 Å². The Hall–Kier alpha value is -0.850. The van der Waals surface area contributed by atoms with Crippen molar-refractivity contribution in [1.29, 1.82) is 0 Å². The molecule has 6 nitrogen and oxygen atoms in total. The molecule has 4 N–H and O–H groups in total. The van der Waals surface area contributed by atoms with Crippen LogP contribution in [0, 0.1) is 0 Å². The molecule has 0 aliphatic rings. The molecule has 12 heavy (non-hydrogen) atoms. The summed E-state index contributed by atoms with van der Waals surface area (Å²) in [6, 6.07) is 0. The summed E-state index contributed by atoms with van der Waals surface area (Å²) in [4.78, 5) is 10.2. The van der Waals surface area contributed by atoms with E-state index in [1.165, 1.54) is 6.92 Å². The number of amides is 1. The van der Waals surface area contributed by atoms with E-state index in [0.717, 1.165) is 0 Å². The van der Waals surface area contributed by atoms with Crippen molar-refractivity contribution in [2.75, 3.05) is 13.2 Å². The van der Waals surface area contributed by atoms with Crippen molar-refractivity contribution in [2.45, 2.75) is 19.3 Å². The fourth-order valence-electron chi connectivity index (χ4n) is 0.606. The van der Waals surface area contributed by atoms with Crippen LogP contribution in [0.25, 0.3) is 0 Å². The molecule has 0 fully saturated rings. The molecule has 0 radical (unpaired) electrons. The van der Waals surface area contributed by atoms with Crippen molar-refractivity contribution >= 4 is 6.09 Å². The van der Waals surface area contributed by atoms with Crippen LogP contribution in [-0.2, 0) is 9.47 Å². The second-order valence-corrected chi connectivity index (χ2v) is 2.13. The molecule has 6 heteroatoms. The summed E-state index contributed by atoms with van der Waals surface area (Å²) < 4.78 is 9.22. The Balaban J connectivity index is 3.65. The summed E-state index contributed by atoms with van der Waals surface area (Å²) in [5.74, 6) is 0. The zero-order chi connectivity index (χ0) is 9.56. The maximum Gasteiger partial charge on any atom is 0.406 e. The van der Waals surface area contributed by atoms with Crippen LogP contribution in [0.1, 0.15) is 6.92 Å². The van der Waals surface area contributed by atoms with Crippen molar-refractivity contribution < 1.29 is 24.5 Å². The number of hydrogen-bond donors (Lipinski definition) is 3. The van der Waals surface area contributed by atoms with E-state index in [9.17, 15) is 4.79 Å². The highest BCUT2D eigenvalue weighted by molar-refractivity contribution is 5.64. The molecule has 0 saturated heterocycles. The summed E-state index contributed by atoms with van der Waals surface area (Å²) in [6.45, 7) is 0.745. The Bertz CT molecular complexity index is 136. The molecule has 0 aromatic carbocycles. The molecule has 72 valence electrons. The Labute approximate surface area is 69.9 Å². The Morgan fingerprint density at radius 2 is 2.00 bits per heavy atom. The molecular formula is C6H13NO5. The highest BCUT2D eigenvalue weighted by atomic mass is 16.7. The third kappa shape index (κ3) is 4.89. The van der Waals surface area contributed by atoms with Gasteiger partial charge in [0.15, 0.2) is 0 Å². The number of aliphatic hydroxyl groups excluding tert-OH is 2. The molecule has 0 aliphatic carbocycles. The average Bonchev–Trinajstić information content (AvgIpc) is 1.98. The van der Waals surface area contributed by atoms with Crippen LogP contribution in [-0.4, -0.2) is 41.9 Å². The fraction of sp³-hybridized carbons (Fsp3) is 0.833. The van der Waals surface area contributed by atoms with Crippen LogP contribution in [0.3, 0.4) is 0 Å². The Morgan fingerprint density at radius 1 is 1.50 bits per heavy atom. The molecule has 1 atom stereocenters. The molecule has 0 saturated carbocycles. The third-order valence-electron chi connectivity index (χ3n) is 1.07. The highest BCUT2D eigenvalue weighted by Gasteiger charge is 2.13. The van der Waals surface area contributed by atoms with Gasteiger partial charge in [0.05, 0.1) is 13.2 Å². The van der Waals surface area contributed by atoms with Gasteiger partial charge in [-0.1, -0.05) is 0 Å². The molecule has 1 amide bonds. The maximum absolute atomic E-state index is 10.2. The second-order valence-electron chi connectivity index (χ2n) is 2.13. The topological polar surface area (TPSA) is 102 Å². The maximum atomic E-state index is 10.2. The van der Waals surface area contributed by atoms with Gasteiger partial charge in [0.2, 0.25) is 6.29 Å². The number of carbonyl (C=O) groups excluding carboxylic acids is 1. The first-order valence-corrected chi connectivity index (χ1v) is 3.43. The lowest BCUT2D eigenvalue weighted by Gasteiger charge is -2.17. The van der Waals surface area contributed by atoms with Crippen molar-refractivity contribution in [3.63, 3.8) is 0 Å². The van der Waals surface area contributed by atoms with Crippen LogP contribution in [0.15, 0.2) is 0 Å². The van der Waals surface area contributed by atoms with Gasteiger partial charge >= 0.3 is 6.09 Å². The van der Waals surface area contributed by atoms with Gasteiger partial charge in [-0.2, -0.15) is 0 Å². The lowest BCUT2D eigenvalue weighted by molar-refractivity contribution is -0.147. The molecule has 0 bridgehead atoms. The summed E-state index contributed by atoms with van der Waals surface area (Å²) in [5, 5.41) is 17.1.